The smallest absolute Gasteiger partial charge is 0.251 e. The van der Waals surface area contributed by atoms with Crippen molar-refractivity contribution in [1.82, 2.24) is 15.2 Å². The zero-order chi connectivity index (χ0) is 21.3. The van der Waals surface area contributed by atoms with E-state index in [9.17, 15) is 10.1 Å². The fraction of sp³-hybridized carbons (Fsp3) is 0.240. The molecule has 1 aromatic heterocycles. The maximum atomic E-state index is 12.9. The first kappa shape index (κ1) is 19.7. The molecule has 2 aliphatic rings. The molecule has 2 aromatic carbocycles. The molecule has 0 radical (unpaired) electrons. The third-order valence-corrected chi connectivity index (χ3v) is 7.40. The average Bonchev–Trinajstić information content (AvgIpc) is 3.05. The van der Waals surface area contributed by atoms with Crippen LogP contribution in [0.4, 0.5) is 0 Å². The number of nitrogens with zero attached hydrogens (tertiary/aromatic N) is 3. The molecule has 1 N–H and O–H groups in total. The number of hydrogen-bond donors (Lipinski definition) is 1. The zero-order valence-electron chi connectivity index (χ0n) is 17.0. The highest BCUT2D eigenvalue weighted by Crippen LogP contribution is 2.44. The van der Waals surface area contributed by atoms with Gasteiger partial charge in [0, 0.05) is 40.2 Å². The van der Waals surface area contributed by atoms with Crippen molar-refractivity contribution < 1.29 is 4.79 Å². The lowest BCUT2D eigenvalue weighted by Gasteiger charge is -2.44. The Morgan fingerprint density at radius 2 is 1.97 bits per heavy atom. The van der Waals surface area contributed by atoms with Gasteiger partial charge < -0.3 is 10.2 Å². The summed E-state index contributed by atoms with van der Waals surface area (Å²) in [6.45, 7) is 1.37. The highest BCUT2D eigenvalue weighted by Gasteiger charge is 2.54. The molecule has 1 aliphatic heterocycles. The normalized spacial score (nSPS) is 21.6. The minimum Gasteiger partial charge on any atom is -0.344 e. The number of carbonyl (C=O) groups excluding carboxylic acids is 1. The summed E-state index contributed by atoms with van der Waals surface area (Å²) in [6.07, 6.45) is 7.91. The summed E-state index contributed by atoms with van der Waals surface area (Å²) in [5, 5.41) is 12.4. The minimum atomic E-state index is -0.240. The Hall–Kier alpha value is -3.30. The van der Waals surface area contributed by atoms with Crippen LogP contribution in [0.1, 0.15) is 23.2 Å². The van der Waals surface area contributed by atoms with Gasteiger partial charge in [0.05, 0.1) is 12.1 Å². The lowest BCUT2D eigenvalue weighted by atomic mass is 9.69. The molecule has 1 saturated carbocycles. The van der Waals surface area contributed by atoms with Crippen LogP contribution in [0.15, 0.2) is 82.8 Å². The lowest BCUT2D eigenvalue weighted by Crippen LogP contribution is -2.60. The van der Waals surface area contributed by atoms with Crippen LogP contribution in [0.25, 0.3) is 11.1 Å². The molecule has 0 bridgehead atoms. The Morgan fingerprint density at radius 1 is 1.16 bits per heavy atom. The summed E-state index contributed by atoms with van der Waals surface area (Å²) in [7, 11) is 0. The summed E-state index contributed by atoms with van der Waals surface area (Å²) in [5.41, 5.74) is 2.55. The number of benzene rings is 2. The van der Waals surface area contributed by atoms with Gasteiger partial charge in [0.15, 0.2) is 6.19 Å². The van der Waals surface area contributed by atoms with Gasteiger partial charge in [-0.15, -0.1) is 0 Å². The zero-order valence-corrected chi connectivity index (χ0v) is 17.8. The first-order valence-corrected chi connectivity index (χ1v) is 11.2. The molecule has 2 atom stereocenters. The molecule has 154 valence electrons. The maximum Gasteiger partial charge on any atom is 0.251 e. The molecule has 2 fully saturated rings. The molecule has 31 heavy (non-hydrogen) atoms. The van der Waals surface area contributed by atoms with E-state index in [2.05, 4.69) is 28.6 Å². The van der Waals surface area contributed by atoms with Gasteiger partial charge in [0.25, 0.3) is 5.91 Å². The van der Waals surface area contributed by atoms with Gasteiger partial charge in [0.1, 0.15) is 0 Å². The highest BCUT2D eigenvalue weighted by molar-refractivity contribution is 7.99. The van der Waals surface area contributed by atoms with Crippen LogP contribution in [0.2, 0.25) is 0 Å². The van der Waals surface area contributed by atoms with E-state index in [0.717, 1.165) is 40.3 Å². The van der Waals surface area contributed by atoms with Crippen LogP contribution in [0, 0.1) is 17.4 Å². The van der Waals surface area contributed by atoms with Crippen molar-refractivity contribution in [1.29, 1.82) is 5.26 Å². The number of pyridine rings is 1. The van der Waals surface area contributed by atoms with E-state index in [1.807, 2.05) is 54.7 Å². The second-order valence-electron chi connectivity index (χ2n) is 8.19. The van der Waals surface area contributed by atoms with Gasteiger partial charge in [-0.2, -0.15) is 5.26 Å². The summed E-state index contributed by atoms with van der Waals surface area (Å²) in [5.74, 6) is 0.314. The largest absolute Gasteiger partial charge is 0.344 e. The third kappa shape index (κ3) is 3.77. The number of hydrogen-bond acceptors (Lipinski definition) is 5. The van der Waals surface area contributed by atoms with E-state index >= 15 is 0 Å². The first-order chi connectivity index (χ1) is 15.2. The van der Waals surface area contributed by atoms with E-state index in [1.165, 1.54) is 0 Å². The molecular formula is C25H22N4OS. The van der Waals surface area contributed by atoms with E-state index in [4.69, 9.17) is 0 Å². The van der Waals surface area contributed by atoms with E-state index in [0.29, 0.717) is 18.0 Å². The topological polar surface area (TPSA) is 69.0 Å². The van der Waals surface area contributed by atoms with E-state index in [1.54, 1.807) is 22.9 Å². The summed E-state index contributed by atoms with van der Waals surface area (Å²) < 4.78 is 0. The number of carbonyl (C=O) groups is 1. The van der Waals surface area contributed by atoms with Gasteiger partial charge in [-0.1, -0.05) is 42.1 Å². The van der Waals surface area contributed by atoms with E-state index < -0.39 is 0 Å². The molecule has 3 aromatic rings. The molecule has 0 spiro atoms. The molecule has 1 saturated heterocycles. The van der Waals surface area contributed by atoms with Crippen molar-refractivity contribution >= 4 is 17.7 Å². The number of amides is 1. The first-order valence-electron chi connectivity index (χ1n) is 10.4. The number of fused-ring (bicyclic) bond motifs is 1. The second kappa shape index (κ2) is 8.09. The Bertz CT molecular complexity index is 1140. The van der Waals surface area contributed by atoms with E-state index in [-0.39, 0.29) is 11.4 Å². The Balaban J connectivity index is 1.33. The standard InChI is InChI=1S/C25H22N4OS/c26-17-29-15-20-10-12-25(20,16-29)28-24(30)19-8-6-18(7-9-19)22-11-13-27-14-23(22)31-21-4-2-1-3-5-21/h1-9,11,13-14,20H,10,12,15-16H2,(H,28,30)/t20?,25-/m0/s1. The molecule has 2 heterocycles. The minimum absolute atomic E-state index is 0.0651. The van der Waals surface area contributed by atoms with Crippen molar-refractivity contribution in [2.45, 2.75) is 28.2 Å². The number of likely N-dealkylation sites (tertiary alicyclic amines) is 1. The van der Waals surface area contributed by atoms with Gasteiger partial charge in [-0.05, 0) is 54.3 Å². The SMILES string of the molecule is N#CN1CC2CC[C@]2(NC(=O)c2ccc(-c3ccncc3Sc3ccccc3)cc2)C1. The van der Waals surface area contributed by atoms with Gasteiger partial charge in [-0.3, -0.25) is 9.78 Å². The predicted molar refractivity (Wildman–Crippen MR) is 120 cm³/mol. The second-order valence-corrected chi connectivity index (χ2v) is 9.31. The molecule has 1 unspecified atom stereocenters. The Morgan fingerprint density at radius 3 is 2.68 bits per heavy atom. The van der Waals surface area contributed by atoms with Crippen molar-refractivity contribution in [3.63, 3.8) is 0 Å². The molecule has 1 amide bonds. The van der Waals surface area contributed by atoms with Crippen LogP contribution in [-0.2, 0) is 0 Å². The van der Waals surface area contributed by atoms with Crippen LogP contribution in [0.3, 0.4) is 0 Å². The maximum absolute atomic E-state index is 12.9. The quantitative estimate of drug-likeness (QED) is 0.605. The highest BCUT2D eigenvalue weighted by atomic mass is 32.2. The van der Waals surface area contributed by atoms with Crippen LogP contribution >= 0.6 is 11.8 Å². The Labute approximate surface area is 186 Å². The lowest BCUT2D eigenvalue weighted by molar-refractivity contribution is 0.0762. The summed E-state index contributed by atoms with van der Waals surface area (Å²) in [6, 6.07) is 20.0. The summed E-state index contributed by atoms with van der Waals surface area (Å²) >= 11 is 1.68. The predicted octanol–water partition coefficient (Wildman–Crippen LogP) is 4.58. The van der Waals surface area contributed by atoms with Crippen molar-refractivity contribution in [2.24, 2.45) is 5.92 Å². The third-order valence-electron chi connectivity index (χ3n) is 6.35. The number of aromatic nitrogens is 1. The molecular weight excluding hydrogens is 404 g/mol. The Kier molecular flexibility index (Phi) is 5.13. The van der Waals surface area contributed by atoms with Crippen molar-refractivity contribution in [3.05, 3.63) is 78.6 Å². The van der Waals surface area contributed by atoms with Gasteiger partial charge in [0.2, 0.25) is 0 Å². The molecule has 5 rings (SSSR count). The number of rotatable bonds is 5. The van der Waals surface area contributed by atoms with Crippen molar-refractivity contribution in [3.8, 4) is 17.3 Å². The monoisotopic (exact) mass is 426 g/mol. The van der Waals surface area contributed by atoms with Crippen LogP contribution in [0.5, 0.6) is 0 Å². The van der Waals surface area contributed by atoms with Crippen molar-refractivity contribution in [2.75, 3.05) is 13.1 Å². The van der Waals surface area contributed by atoms with Crippen LogP contribution in [-0.4, -0.2) is 34.4 Å². The fourth-order valence-electron chi connectivity index (χ4n) is 4.54. The van der Waals surface area contributed by atoms with Crippen LogP contribution < -0.4 is 5.32 Å². The summed E-state index contributed by atoms with van der Waals surface area (Å²) in [4.78, 5) is 21.2. The average molecular weight is 427 g/mol. The van der Waals surface area contributed by atoms with Gasteiger partial charge >= 0.3 is 0 Å². The fourth-order valence-corrected chi connectivity index (χ4v) is 5.49. The molecule has 1 aliphatic carbocycles. The van der Waals surface area contributed by atoms with Gasteiger partial charge in [-0.25, -0.2) is 0 Å². The molecule has 5 nitrogen and oxygen atoms in total. The number of nitriles is 1. The number of nitrogens with one attached hydrogen (secondary N) is 1. The molecule has 6 heteroatoms.